The average Bonchev–Trinajstić information content (AvgIpc) is 3.54. The molecule has 0 N–H and O–H groups in total. The van der Waals surface area contributed by atoms with Gasteiger partial charge in [-0.3, -0.25) is 9.69 Å². The van der Waals surface area contributed by atoms with Crippen molar-refractivity contribution in [1.29, 1.82) is 0 Å². The summed E-state index contributed by atoms with van der Waals surface area (Å²) < 4.78 is 60.0. The van der Waals surface area contributed by atoms with E-state index in [1.54, 1.807) is 41.9 Å². The van der Waals surface area contributed by atoms with Crippen LogP contribution in [0.5, 0.6) is 5.88 Å². The second-order valence-electron chi connectivity index (χ2n) is 9.79. The first-order valence-corrected chi connectivity index (χ1v) is 13.2. The molecule has 212 valence electrons. The quantitative estimate of drug-likeness (QED) is 0.320. The highest BCUT2D eigenvalue weighted by Gasteiger charge is 2.44. The number of aryl methyl sites for hydroxylation is 1. The number of alkyl halides is 3. The number of aromatic nitrogens is 4. The number of piperidine rings is 1. The molecule has 1 aromatic carbocycles. The number of carbonyl (C=O) groups excluding carboxylic acids is 1. The molecule has 1 aliphatic heterocycles. The monoisotopic (exact) mass is 549 g/mol. The molecule has 0 aliphatic carbocycles. The molecule has 1 aliphatic rings. The second-order valence-corrected chi connectivity index (χ2v) is 9.79. The fourth-order valence-corrected chi connectivity index (χ4v) is 4.68. The molecule has 1 unspecified atom stereocenters. The van der Waals surface area contributed by atoms with Gasteiger partial charge in [0.1, 0.15) is 6.04 Å². The average molecular weight is 550 g/mol. The van der Waals surface area contributed by atoms with Crippen LogP contribution in [-0.4, -0.2) is 68.8 Å². The fourth-order valence-electron chi connectivity index (χ4n) is 4.68. The molecule has 1 fully saturated rings. The number of likely N-dealkylation sites (tertiary alicyclic amines) is 1. The van der Waals surface area contributed by atoms with Crippen LogP contribution in [0.1, 0.15) is 46.1 Å². The third-order valence-electron chi connectivity index (χ3n) is 6.65. The van der Waals surface area contributed by atoms with Crippen molar-refractivity contribution in [3.63, 3.8) is 0 Å². The molecule has 2 aromatic heterocycles. The van der Waals surface area contributed by atoms with E-state index in [9.17, 15) is 18.0 Å². The van der Waals surface area contributed by atoms with Gasteiger partial charge >= 0.3 is 12.1 Å². The molecule has 1 atom stereocenters. The van der Waals surface area contributed by atoms with Crippen molar-refractivity contribution in [1.82, 2.24) is 24.8 Å². The van der Waals surface area contributed by atoms with Gasteiger partial charge in [-0.15, -0.1) is 0 Å². The lowest BCUT2D eigenvalue weighted by Gasteiger charge is -2.37. The van der Waals surface area contributed by atoms with Crippen LogP contribution in [0.25, 0.3) is 23.0 Å². The number of ether oxygens (including phenoxy) is 2. The number of hydrogen-bond donors (Lipinski definition) is 0. The van der Waals surface area contributed by atoms with Gasteiger partial charge in [-0.1, -0.05) is 29.4 Å². The maximum Gasteiger partial charge on any atom is 0.404 e. The van der Waals surface area contributed by atoms with Crippen LogP contribution in [0, 0.1) is 5.92 Å². The molecule has 4 rings (SSSR count). The molecule has 3 aromatic rings. The van der Waals surface area contributed by atoms with Crippen molar-refractivity contribution in [2.24, 2.45) is 5.92 Å². The van der Waals surface area contributed by atoms with E-state index in [-0.39, 0.29) is 50.0 Å². The molecule has 12 heteroatoms. The maximum atomic E-state index is 14.0. The zero-order valence-electron chi connectivity index (χ0n) is 22.6. The van der Waals surface area contributed by atoms with Crippen LogP contribution < -0.4 is 4.74 Å². The van der Waals surface area contributed by atoms with Crippen molar-refractivity contribution in [2.75, 3.05) is 19.7 Å². The lowest BCUT2D eigenvalue weighted by molar-refractivity contribution is -0.187. The highest BCUT2D eigenvalue weighted by molar-refractivity contribution is 5.72. The Morgan fingerprint density at radius 2 is 1.85 bits per heavy atom. The third-order valence-corrected chi connectivity index (χ3v) is 6.65. The molecule has 0 spiro atoms. The van der Waals surface area contributed by atoms with E-state index in [1.807, 2.05) is 20.8 Å². The van der Waals surface area contributed by atoms with Crippen LogP contribution in [-0.2, 0) is 22.5 Å². The fraction of sp³-hybridized carbons (Fsp3) is 0.556. The summed E-state index contributed by atoms with van der Waals surface area (Å²) in [6.45, 7) is 8.76. The standard InChI is InChI=1S/C27H34F3N5O4/c1-5-35-23(38-17(3)4)16-21(32-35)25-31-24(33-39-25)19-9-7-18(8-10-19)15-22(27(28,29)30)34-13-11-20(12-14-34)26(36)37-6-2/h7-10,16-17,20,22H,5-6,11-15H2,1-4H3. The Bertz CT molecular complexity index is 1230. The summed E-state index contributed by atoms with van der Waals surface area (Å²) in [6.07, 6.45) is -3.92. The highest BCUT2D eigenvalue weighted by Crippen LogP contribution is 2.32. The Balaban J connectivity index is 1.44. The van der Waals surface area contributed by atoms with E-state index < -0.39 is 12.2 Å². The summed E-state index contributed by atoms with van der Waals surface area (Å²) in [6, 6.07) is 6.76. The van der Waals surface area contributed by atoms with E-state index in [0.29, 0.717) is 47.9 Å². The molecule has 0 radical (unpaired) electrons. The van der Waals surface area contributed by atoms with E-state index in [2.05, 4.69) is 15.2 Å². The summed E-state index contributed by atoms with van der Waals surface area (Å²) in [5, 5.41) is 8.48. The molecule has 0 bridgehead atoms. The van der Waals surface area contributed by atoms with Crippen molar-refractivity contribution in [2.45, 2.75) is 71.8 Å². The van der Waals surface area contributed by atoms with Gasteiger partial charge in [-0.05, 0) is 65.6 Å². The summed E-state index contributed by atoms with van der Waals surface area (Å²) in [5.74, 6) is 0.444. The van der Waals surface area contributed by atoms with E-state index >= 15 is 0 Å². The number of halogens is 3. The molecule has 0 amide bonds. The van der Waals surface area contributed by atoms with Crippen LogP contribution in [0.3, 0.4) is 0 Å². The van der Waals surface area contributed by atoms with Gasteiger partial charge in [-0.25, -0.2) is 4.68 Å². The molecule has 1 saturated heterocycles. The molecule has 9 nitrogen and oxygen atoms in total. The maximum absolute atomic E-state index is 14.0. The highest BCUT2D eigenvalue weighted by atomic mass is 19.4. The van der Waals surface area contributed by atoms with Gasteiger partial charge in [-0.2, -0.15) is 23.3 Å². The van der Waals surface area contributed by atoms with Crippen LogP contribution >= 0.6 is 0 Å². The largest absolute Gasteiger partial charge is 0.475 e. The van der Waals surface area contributed by atoms with Gasteiger partial charge in [0.2, 0.25) is 11.7 Å². The van der Waals surface area contributed by atoms with Crippen LogP contribution in [0.4, 0.5) is 13.2 Å². The van der Waals surface area contributed by atoms with Crippen LogP contribution in [0.2, 0.25) is 0 Å². The normalized spacial score (nSPS) is 16.0. The lowest BCUT2D eigenvalue weighted by Crippen LogP contribution is -2.51. The van der Waals surface area contributed by atoms with Crippen LogP contribution in [0.15, 0.2) is 34.9 Å². The van der Waals surface area contributed by atoms with E-state index in [0.717, 1.165) is 0 Å². The summed E-state index contributed by atoms with van der Waals surface area (Å²) in [5.41, 5.74) is 1.62. The van der Waals surface area contributed by atoms with Gasteiger partial charge in [0.05, 0.1) is 18.6 Å². The number of carbonyl (C=O) groups is 1. The summed E-state index contributed by atoms with van der Waals surface area (Å²) in [4.78, 5) is 17.8. The molecule has 0 saturated carbocycles. The summed E-state index contributed by atoms with van der Waals surface area (Å²) >= 11 is 0. The first-order valence-electron chi connectivity index (χ1n) is 13.2. The number of nitrogens with zero attached hydrogens (tertiary/aromatic N) is 5. The SMILES string of the molecule is CCOC(=O)C1CCN(C(Cc2ccc(-c3noc(-c4cc(OC(C)C)n(CC)n4)n3)cc2)C(F)(F)F)CC1. The predicted octanol–water partition coefficient (Wildman–Crippen LogP) is 5.16. The number of hydrogen-bond acceptors (Lipinski definition) is 8. The van der Waals surface area contributed by atoms with Crippen molar-refractivity contribution in [3.8, 4) is 28.9 Å². The molecular formula is C27H34F3N5O4. The van der Waals surface area contributed by atoms with Gasteiger partial charge in [0.25, 0.3) is 5.89 Å². The smallest absolute Gasteiger partial charge is 0.404 e. The Morgan fingerprint density at radius 3 is 2.44 bits per heavy atom. The minimum absolute atomic E-state index is 0.0232. The van der Waals surface area contributed by atoms with Crippen molar-refractivity contribution >= 4 is 5.97 Å². The minimum atomic E-state index is -4.40. The molecule has 39 heavy (non-hydrogen) atoms. The van der Waals surface area contributed by atoms with E-state index in [1.165, 1.54) is 4.90 Å². The first kappa shape index (κ1) is 28.6. The zero-order valence-corrected chi connectivity index (χ0v) is 22.6. The minimum Gasteiger partial charge on any atom is -0.475 e. The Labute approximate surface area is 225 Å². The Morgan fingerprint density at radius 1 is 1.15 bits per heavy atom. The van der Waals surface area contributed by atoms with Gasteiger partial charge in [0, 0.05) is 18.2 Å². The first-order chi connectivity index (χ1) is 18.6. The number of benzene rings is 1. The lowest BCUT2D eigenvalue weighted by atomic mass is 9.94. The van der Waals surface area contributed by atoms with Gasteiger partial charge in [0.15, 0.2) is 5.69 Å². The Hall–Kier alpha value is -3.41. The molecular weight excluding hydrogens is 515 g/mol. The zero-order chi connectivity index (χ0) is 28.2. The van der Waals surface area contributed by atoms with E-state index in [4.69, 9.17) is 14.0 Å². The number of esters is 1. The topological polar surface area (TPSA) is 95.5 Å². The second kappa shape index (κ2) is 12.2. The summed E-state index contributed by atoms with van der Waals surface area (Å²) in [7, 11) is 0. The molecule has 3 heterocycles. The van der Waals surface area contributed by atoms with Crippen molar-refractivity contribution in [3.05, 3.63) is 35.9 Å². The number of rotatable bonds is 10. The third kappa shape index (κ3) is 6.97. The Kier molecular flexibility index (Phi) is 8.94. The predicted molar refractivity (Wildman–Crippen MR) is 137 cm³/mol. The van der Waals surface area contributed by atoms with Crippen molar-refractivity contribution < 1.29 is 32.0 Å². The van der Waals surface area contributed by atoms with Gasteiger partial charge < -0.3 is 14.0 Å².